The third-order valence-electron chi connectivity index (χ3n) is 2.62. The zero-order valence-corrected chi connectivity index (χ0v) is 10.6. The maximum Gasteiger partial charge on any atom is 0.272 e. The molecular formula is C13H15N5O. The first-order valence-electron chi connectivity index (χ1n) is 5.79. The van der Waals surface area contributed by atoms with Crippen molar-refractivity contribution in [1.82, 2.24) is 14.9 Å². The van der Waals surface area contributed by atoms with Crippen LogP contribution in [0.2, 0.25) is 0 Å². The van der Waals surface area contributed by atoms with Crippen LogP contribution in [-0.4, -0.2) is 27.8 Å². The molecule has 0 unspecified atom stereocenters. The number of aromatic nitrogens is 2. The molecule has 0 aliphatic heterocycles. The molecule has 0 saturated heterocycles. The molecule has 0 aliphatic rings. The van der Waals surface area contributed by atoms with Crippen molar-refractivity contribution >= 4 is 11.6 Å². The number of nitrogen functional groups attached to an aromatic ring is 1. The second kappa shape index (κ2) is 5.92. The lowest BCUT2D eigenvalue weighted by Crippen LogP contribution is -2.27. The van der Waals surface area contributed by atoms with E-state index in [0.717, 1.165) is 5.69 Å². The molecule has 3 N–H and O–H groups in total. The molecule has 0 aliphatic carbocycles. The molecule has 0 bridgehead atoms. The number of rotatable bonds is 4. The summed E-state index contributed by atoms with van der Waals surface area (Å²) in [5.41, 5.74) is 4.33. The van der Waals surface area contributed by atoms with E-state index in [-0.39, 0.29) is 5.91 Å². The zero-order valence-electron chi connectivity index (χ0n) is 10.6. The summed E-state index contributed by atoms with van der Waals surface area (Å²) in [6.45, 7) is 0.443. The van der Waals surface area contributed by atoms with Gasteiger partial charge in [-0.3, -0.25) is 15.6 Å². The number of carbonyl (C=O) groups is 1. The standard InChI is InChI=1S/C13H15N5O/c1-18(9-11-4-2-3-7-15-11)13(19)12-6-5-10(17-14)8-16-12/h2-8,17H,9,14H2,1H3. The van der Waals surface area contributed by atoms with Gasteiger partial charge in [0, 0.05) is 13.2 Å². The fourth-order valence-electron chi connectivity index (χ4n) is 1.61. The maximum absolute atomic E-state index is 12.1. The Bertz CT molecular complexity index is 541. The summed E-state index contributed by atoms with van der Waals surface area (Å²) < 4.78 is 0. The highest BCUT2D eigenvalue weighted by Crippen LogP contribution is 2.08. The van der Waals surface area contributed by atoms with Crippen molar-refractivity contribution in [3.05, 3.63) is 54.1 Å². The van der Waals surface area contributed by atoms with Crippen LogP contribution in [0.5, 0.6) is 0 Å². The van der Waals surface area contributed by atoms with E-state index >= 15 is 0 Å². The van der Waals surface area contributed by atoms with E-state index in [0.29, 0.717) is 17.9 Å². The smallest absolute Gasteiger partial charge is 0.272 e. The molecule has 0 aromatic carbocycles. The van der Waals surface area contributed by atoms with E-state index in [1.165, 1.54) is 6.20 Å². The number of hydrogen-bond acceptors (Lipinski definition) is 5. The summed E-state index contributed by atoms with van der Waals surface area (Å²) in [6.07, 6.45) is 3.22. The molecule has 6 nitrogen and oxygen atoms in total. The SMILES string of the molecule is CN(Cc1ccccn1)C(=O)c1ccc(NN)cn1. The third kappa shape index (κ3) is 3.26. The van der Waals surface area contributed by atoms with Crippen LogP contribution in [-0.2, 0) is 6.54 Å². The molecule has 0 saturated carbocycles. The van der Waals surface area contributed by atoms with Crippen LogP contribution in [0, 0.1) is 0 Å². The lowest BCUT2D eigenvalue weighted by atomic mass is 10.3. The van der Waals surface area contributed by atoms with Gasteiger partial charge in [0.25, 0.3) is 5.91 Å². The Morgan fingerprint density at radius 2 is 2.16 bits per heavy atom. The van der Waals surface area contributed by atoms with E-state index in [1.54, 1.807) is 30.3 Å². The fraction of sp³-hybridized carbons (Fsp3) is 0.154. The second-order valence-electron chi connectivity index (χ2n) is 4.06. The molecule has 2 rings (SSSR count). The molecule has 19 heavy (non-hydrogen) atoms. The molecule has 2 aromatic rings. The van der Waals surface area contributed by atoms with Crippen LogP contribution in [0.4, 0.5) is 5.69 Å². The van der Waals surface area contributed by atoms with Gasteiger partial charge < -0.3 is 10.3 Å². The molecule has 0 fully saturated rings. The minimum absolute atomic E-state index is 0.158. The molecule has 0 radical (unpaired) electrons. The number of anilines is 1. The van der Waals surface area contributed by atoms with Gasteiger partial charge in [-0.1, -0.05) is 6.07 Å². The topological polar surface area (TPSA) is 84.1 Å². The molecule has 0 atom stereocenters. The van der Waals surface area contributed by atoms with Gasteiger partial charge in [0.2, 0.25) is 0 Å². The van der Waals surface area contributed by atoms with Crippen molar-refractivity contribution < 1.29 is 4.79 Å². The average molecular weight is 257 g/mol. The molecule has 6 heteroatoms. The van der Waals surface area contributed by atoms with E-state index in [9.17, 15) is 4.79 Å². The Hall–Kier alpha value is -2.47. The summed E-state index contributed by atoms with van der Waals surface area (Å²) >= 11 is 0. The van der Waals surface area contributed by atoms with Gasteiger partial charge >= 0.3 is 0 Å². The number of nitrogens with one attached hydrogen (secondary N) is 1. The summed E-state index contributed by atoms with van der Waals surface area (Å²) in [6, 6.07) is 8.94. The van der Waals surface area contributed by atoms with Gasteiger partial charge in [-0.15, -0.1) is 0 Å². The first-order valence-corrected chi connectivity index (χ1v) is 5.79. The van der Waals surface area contributed by atoms with Gasteiger partial charge in [-0.05, 0) is 24.3 Å². The van der Waals surface area contributed by atoms with Crippen molar-refractivity contribution in [2.75, 3.05) is 12.5 Å². The quantitative estimate of drug-likeness (QED) is 0.631. The molecular weight excluding hydrogens is 242 g/mol. The van der Waals surface area contributed by atoms with Gasteiger partial charge in [0.15, 0.2) is 0 Å². The van der Waals surface area contributed by atoms with E-state index in [1.807, 2.05) is 18.2 Å². The number of amides is 1. The number of nitrogens with zero attached hydrogens (tertiary/aromatic N) is 3. The van der Waals surface area contributed by atoms with E-state index in [4.69, 9.17) is 5.84 Å². The van der Waals surface area contributed by atoms with Gasteiger partial charge in [-0.2, -0.15) is 0 Å². The Balaban J connectivity index is 2.06. The van der Waals surface area contributed by atoms with Crippen molar-refractivity contribution in [3.8, 4) is 0 Å². The number of hydrogen-bond donors (Lipinski definition) is 2. The Labute approximate surface area is 111 Å². The number of carbonyl (C=O) groups excluding carboxylic acids is 1. The normalized spacial score (nSPS) is 10.0. The molecule has 2 heterocycles. The number of hydrazine groups is 1. The predicted octanol–water partition coefficient (Wildman–Crippen LogP) is 1.03. The summed E-state index contributed by atoms with van der Waals surface area (Å²) in [7, 11) is 1.72. The van der Waals surface area contributed by atoms with Gasteiger partial charge in [0.05, 0.1) is 24.1 Å². The molecule has 0 spiro atoms. The number of nitrogens with two attached hydrogens (primary N) is 1. The minimum Gasteiger partial charge on any atom is -0.334 e. The van der Waals surface area contributed by atoms with Crippen LogP contribution in [0.1, 0.15) is 16.2 Å². The van der Waals surface area contributed by atoms with Crippen LogP contribution in [0.3, 0.4) is 0 Å². The van der Waals surface area contributed by atoms with Crippen LogP contribution in [0.25, 0.3) is 0 Å². The fourth-order valence-corrected chi connectivity index (χ4v) is 1.61. The largest absolute Gasteiger partial charge is 0.334 e. The highest BCUT2D eigenvalue weighted by Gasteiger charge is 2.13. The monoisotopic (exact) mass is 257 g/mol. The Morgan fingerprint density at radius 3 is 2.74 bits per heavy atom. The maximum atomic E-state index is 12.1. The van der Waals surface area contributed by atoms with E-state index in [2.05, 4.69) is 15.4 Å². The summed E-state index contributed by atoms with van der Waals surface area (Å²) in [5.74, 6) is 5.09. The van der Waals surface area contributed by atoms with Crippen LogP contribution in [0.15, 0.2) is 42.7 Å². The van der Waals surface area contributed by atoms with Crippen molar-refractivity contribution in [2.45, 2.75) is 6.54 Å². The zero-order chi connectivity index (χ0) is 13.7. The van der Waals surface area contributed by atoms with E-state index < -0.39 is 0 Å². The van der Waals surface area contributed by atoms with Crippen molar-refractivity contribution in [1.29, 1.82) is 0 Å². The first-order chi connectivity index (χ1) is 9.20. The third-order valence-corrected chi connectivity index (χ3v) is 2.62. The summed E-state index contributed by atoms with van der Waals surface area (Å²) in [5, 5.41) is 0. The first kappa shape index (κ1) is 13.0. The molecule has 98 valence electrons. The Kier molecular flexibility index (Phi) is 4.04. The Morgan fingerprint density at radius 1 is 1.32 bits per heavy atom. The summed E-state index contributed by atoms with van der Waals surface area (Å²) in [4.78, 5) is 21.9. The lowest BCUT2D eigenvalue weighted by Gasteiger charge is -2.16. The highest BCUT2D eigenvalue weighted by atomic mass is 16.2. The lowest BCUT2D eigenvalue weighted by molar-refractivity contribution is 0.0777. The highest BCUT2D eigenvalue weighted by molar-refractivity contribution is 5.92. The van der Waals surface area contributed by atoms with Gasteiger partial charge in [-0.25, -0.2) is 4.98 Å². The average Bonchev–Trinajstić information content (AvgIpc) is 2.47. The van der Waals surface area contributed by atoms with Crippen LogP contribution >= 0.6 is 0 Å². The molecule has 2 aromatic heterocycles. The second-order valence-corrected chi connectivity index (χ2v) is 4.06. The van der Waals surface area contributed by atoms with Crippen LogP contribution < -0.4 is 11.3 Å². The number of pyridine rings is 2. The predicted molar refractivity (Wildman–Crippen MR) is 72.1 cm³/mol. The van der Waals surface area contributed by atoms with Crippen molar-refractivity contribution in [3.63, 3.8) is 0 Å². The van der Waals surface area contributed by atoms with Crippen molar-refractivity contribution in [2.24, 2.45) is 5.84 Å². The molecule has 1 amide bonds. The van der Waals surface area contributed by atoms with Gasteiger partial charge in [0.1, 0.15) is 5.69 Å². The minimum atomic E-state index is -0.158.